The van der Waals surface area contributed by atoms with E-state index in [9.17, 15) is 5.11 Å². The van der Waals surface area contributed by atoms with Crippen LogP contribution in [0.1, 0.15) is 32.3 Å². The molecule has 0 radical (unpaired) electrons. The third-order valence-corrected chi connectivity index (χ3v) is 2.95. The Morgan fingerprint density at radius 1 is 1.06 bits per heavy atom. The van der Waals surface area contributed by atoms with Gasteiger partial charge in [0.15, 0.2) is 0 Å². The van der Waals surface area contributed by atoms with E-state index in [-0.39, 0.29) is 6.61 Å². The number of rotatable bonds is 7. The molecule has 96 valence electrons. The summed E-state index contributed by atoms with van der Waals surface area (Å²) in [4.78, 5) is 0. The first kappa shape index (κ1) is 14.3. The molecule has 0 aliphatic heterocycles. The first-order valence-electron chi connectivity index (χ1n) is 5.91. The van der Waals surface area contributed by atoms with Crippen molar-refractivity contribution >= 4 is 15.9 Å². The molecule has 0 saturated carbocycles. The molecule has 0 aliphatic rings. The number of hydrogen-bond acceptors (Lipinski definition) is 3. The molecule has 0 heterocycles. The third kappa shape index (κ3) is 4.21. The van der Waals surface area contributed by atoms with Crippen LogP contribution < -0.4 is 9.47 Å². The summed E-state index contributed by atoms with van der Waals surface area (Å²) in [5.41, 5.74) is 0.797. The molecule has 1 N–H and O–H groups in total. The van der Waals surface area contributed by atoms with E-state index in [0.29, 0.717) is 13.2 Å². The highest BCUT2D eigenvalue weighted by Gasteiger charge is 2.10. The van der Waals surface area contributed by atoms with Crippen molar-refractivity contribution in [1.82, 2.24) is 0 Å². The van der Waals surface area contributed by atoms with Gasteiger partial charge in [0, 0.05) is 0 Å². The third-order valence-electron chi connectivity index (χ3n) is 2.17. The molecule has 0 fully saturated rings. The van der Waals surface area contributed by atoms with E-state index in [1.54, 1.807) is 0 Å². The Hall–Kier alpha value is -0.740. The maximum absolute atomic E-state index is 9.20. The van der Waals surface area contributed by atoms with Gasteiger partial charge in [-0.15, -0.1) is 0 Å². The normalized spacial score (nSPS) is 10.4. The zero-order valence-corrected chi connectivity index (χ0v) is 11.9. The van der Waals surface area contributed by atoms with Gasteiger partial charge in [-0.2, -0.15) is 0 Å². The average Bonchev–Trinajstić information content (AvgIpc) is 2.36. The minimum atomic E-state index is -0.0156. The van der Waals surface area contributed by atoms with E-state index in [1.807, 2.05) is 12.1 Å². The van der Waals surface area contributed by atoms with Gasteiger partial charge in [-0.1, -0.05) is 13.8 Å². The quantitative estimate of drug-likeness (QED) is 0.837. The lowest BCUT2D eigenvalue weighted by Gasteiger charge is -2.13. The van der Waals surface area contributed by atoms with Gasteiger partial charge in [-0.3, -0.25) is 0 Å². The van der Waals surface area contributed by atoms with Crippen molar-refractivity contribution in [3.63, 3.8) is 0 Å². The summed E-state index contributed by atoms with van der Waals surface area (Å²) in [6, 6.07) is 3.66. The molecule has 0 spiro atoms. The van der Waals surface area contributed by atoms with Gasteiger partial charge in [0.1, 0.15) is 16.0 Å². The van der Waals surface area contributed by atoms with Crippen LogP contribution >= 0.6 is 15.9 Å². The van der Waals surface area contributed by atoms with Gasteiger partial charge in [0.25, 0.3) is 0 Å². The fourth-order valence-electron chi connectivity index (χ4n) is 1.35. The largest absolute Gasteiger partial charge is 0.492 e. The van der Waals surface area contributed by atoms with Gasteiger partial charge in [0.05, 0.1) is 19.8 Å². The van der Waals surface area contributed by atoms with Crippen LogP contribution in [0.4, 0.5) is 0 Å². The highest BCUT2D eigenvalue weighted by Crippen LogP contribution is 2.36. The van der Waals surface area contributed by atoms with E-state index < -0.39 is 0 Å². The van der Waals surface area contributed by atoms with Crippen LogP contribution in [0.15, 0.2) is 16.6 Å². The molecule has 3 nitrogen and oxygen atoms in total. The molecule has 0 bridgehead atoms. The molecule has 0 aromatic heterocycles. The summed E-state index contributed by atoms with van der Waals surface area (Å²) in [6.45, 7) is 5.40. The molecular formula is C13H19BrO3. The molecule has 0 unspecified atom stereocenters. The predicted octanol–water partition coefficient (Wildman–Crippen LogP) is 3.52. The first-order chi connectivity index (χ1) is 8.22. The fraction of sp³-hybridized carbons (Fsp3) is 0.538. The number of halogens is 1. The van der Waals surface area contributed by atoms with Crippen molar-refractivity contribution in [3.8, 4) is 11.5 Å². The van der Waals surface area contributed by atoms with E-state index in [1.165, 1.54) is 0 Å². The van der Waals surface area contributed by atoms with Crippen LogP contribution in [0.25, 0.3) is 0 Å². The summed E-state index contributed by atoms with van der Waals surface area (Å²) < 4.78 is 12.0. The fourth-order valence-corrected chi connectivity index (χ4v) is 1.81. The molecule has 17 heavy (non-hydrogen) atoms. The van der Waals surface area contributed by atoms with Crippen LogP contribution in [0.2, 0.25) is 0 Å². The van der Waals surface area contributed by atoms with Gasteiger partial charge >= 0.3 is 0 Å². The topological polar surface area (TPSA) is 38.7 Å². The zero-order chi connectivity index (χ0) is 12.7. The van der Waals surface area contributed by atoms with Gasteiger partial charge in [-0.25, -0.2) is 0 Å². The van der Waals surface area contributed by atoms with Crippen LogP contribution in [-0.2, 0) is 6.61 Å². The maximum atomic E-state index is 9.20. The van der Waals surface area contributed by atoms with Crippen LogP contribution in [0, 0.1) is 0 Å². The Bertz CT molecular complexity index is 324. The summed E-state index contributed by atoms with van der Waals surface area (Å²) >= 11 is 3.47. The lowest BCUT2D eigenvalue weighted by molar-refractivity contribution is 0.273. The second-order valence-electron chi connectivity index (χ2n) is 3.76. The lowest BCUT2D eigenvalue weighted by atomic mass is 10.2. The average molecular weight is 303 g/mol. The van der Waals surface area contributed by atoms with E-state index >= 15 is 0 Å². The number of hydrogen-bond donors (Lipinski definition) is 1. The van der Waals surface area contributed by atoms with Gasteiger partial charge in [0.2, 0.25) is 0 Å². The molecule has 0 saturated heterocycles. The molecule has 0 aliphatic carbocycles. The SMILES string of the molecule is CCCOc1cc(CO)cc(OCCC)c1Br. The number of ether oxygens (including phenoxy) is 2. The highest BCUT2D eigenvalue weighted by molar-refractivity contribution is 9.10. The predicted molar refractivity (Wildman–Crippen MR) is 71.6 cm³/mol. The Morgan fingerprint density at radius 2 is 1.53 bits per heavy atom. The summed E-state index contributed by atoms with van der Waals surface area (Å²) in [5, 5.41) is 9.20. The molecule has 1 aromatic carbocycles. The van der Waals surface area contributed by atoms with Crippen LogP contribution in [-0.4, -0.2) is 18.3 Å². The monoisotopic (exact) mass is 302 g/mol. The lowest BCUT2D eigenvalue weighted by Crippen LogP contribution is -2.01. The molecule has 1 rings (SSSR count). The molecular weight excluding hydrogens is 284 g/mol. The first-order valence-corrected chi connectivity index (χ1v) is 6.71. The number of aliphatic hydroxyl groups is 1. The highest BCUT2D eigenvalue weighted by atomic mass is 79.9. The van der Waals surface area contributed by atoms with E-state index in [4.69, 9.17) is 9.47 Å². The Balaban J connectivity index is 2.94. The summed E-state index contributed by atoms with van der Waals surface area (Å²) in [6.07, 6.45) is 1.89. The van der Waals surface area contributed by atoms with Crippen molar-refractivity contribution in [2.24, 2.45) is 0 Å². The Morgan fingerprint density at radius 3 is 1.88 bits per heavy atom. The minimum absolute atomic E-state index is 0.0156. The zero-order valence-electron chi connectivity index (χ0n) is 10.3. The second-order valence-corrected chi connectivity index (χ2v) is 4.55. The molecule has 4 heteroatoms. The van der Waals surface area contributed by atoms with E-state index in [0.717, 1.165) is 34.4 Å². The van der Waals surface area contributed by atoms with Crippen molar-refractivity contribution < 1.29 is 14.6 Å². The smallest absolute Gasteiger partial charge is 0.137 e. The standard InChI is InChI=1S/C13H19BrO3/c1-3-5-16-11-7-10(9-15)8-12(13(11)14)17-6-4-2/h7-8,15H,3-6,9H2,1-2H3. The van der Waals surface area contributed by atoms with Gasteiger partial charge in [-0.05, 0) is 46.5 Å². The van der Waals surface area contributed by atoms with Crippen molar-refractivity contribution in [2.45, 2.75) is 33.3 Å². The summed E-state index contributed by atoms with van der Waals surface area (Å²) in [7, 11) is 0. The van der Waals surface area contributed by atoms with Crippen LogP contribution in [0.5, 0.6) is 11.5 Å². The Labute approximate surface area is 111 Å². The second kappa shape index (κ2) is 7.56. The Kier molecular flexibility index (Phi) is 6.37. The number of aliphatic hydroxyl groups excluding tert-OH is 1. The van der Waals surface area contributed by atoms with Gasteiger partial charge < -0.3 is 14.6 Å². The number of benzene rings is 1. The van der Waals surface area contributed by atoms with E-state index in [2.05, 4.69) is 29.8 Å². The van der Waals surface area contributed by atoms with Crippen molar-refractivity contribution in [3.05, 3.63) is 22.2 Å². The summed E-state index contributed by atoms with van der Waals surface area (Å²) in [5.74, 6) is 1.45. The molecule has 0 atom stereocenters. The van der Waals surface area contributed by atoms with Crippen molar-refractivity contribution in [2.75, 3.05) is 13.2 Å². The minimum Gasteiger partial charge on any atom is -0.492 e. The van der Waals surface area contributed by atoms with Crippen molar-refractivity contribution in [1.29, 1.82) is 0 Å². The van der Waals surface area contributed by atoms with Crippen LogP contribution in [0.3, 0.4) is 0 Å². The molecule has 0 amide bonds. The maximum Gasteiger partial charge on any atom is 0.137 e. The molecule has 1 aromatic rings.